The van der Waals surface area contributed by atoms with Crippen molar-refractivity contribution in [3.63, 3.8) is 0 Å². The zero-order chi connectivity index (χ0) is 21.1. The highest BCUT2D eigenvalue weighted by molar-refractivity contribution is 7.16. The molecule has 2 aromatic heterocycles. The lowest BCUT2D eigenvalue weighted by Crippen LogP contribution is -2.37. The van der Waals surface area contributed by atoms with Gasteiger partial charge in [-0.25, -0.2) is 0 Å². The molecule has 0 radical (unpaired) electrons. The molecule has 1 atom stereocenters. The number of nitrogens with one attached hydrogen (secondary N) is 1. The van der Waals surface area contributed by atoms with Gasteiger partial charge >= 0.3 is 0 Å². The predicted molar refractivity (Wildman–Crippen MR) is 123 cm³/mol. The summed E-state index contributed by atoms with van der Waals surface area (Å²) >= 11 is 1.68. The molecule has 0 aliphatic carbocycles. The number of likely N-dealkylation sites (tertiary alicyclic amines) is 1. The normalized spacial score (nSPS) is 16.5. The molecule has 4 nitrogen and oxygen atoms in total. The Balaban J connectivity index is 1.72. The van der Waals surface area contributed by atoms with Gasteiger partial charge in [0.1, 0.15) is 5.00 Å². The van der Waals surface area contributed by atoms with Crippen molar-refractivity contribution in [2.24, 2.45) is 5.92 Å². The molecule has 0 spiro atoms. The summed E-state index contributed by atoms with van der Waals surface area (Å²) in [6, 6.07) is 14.7. The molecule has 1 amide bonds. The van der Waals surface area contributed by atoms with Crippen molar-refractivity contribution in [1.29, 1.82) is 0 Å². The van der Waals surface area contributed by atoms with Crippen molar-refractivity contribution in [1.82, 2.24) is 4.90 Å². The number of amides is 1. The Morgan fingerprint density at radius 3 is 2.60 bits per heavy atom. The number of furan rings is 1. The molecule has 5 heteroatoms. The predicted octanol–water partition coefficient (Wildman–Crippen LogP) is 6.29. The molecule has 1 aliphatic rings. The van der Waals surface area contributed by atoms with Crippen LogP contribution in [0.2, 0.25) is 0 Å². The summed E-state index contributed by atoms with van der Waals surface area (Å²) < 4.78 is 5.31. The fourth-order valence-electron chi connectivity index (χ4n) is 4.13. The smallest absolute Gasteiger partial charge is 0.291 e. The summed E-state index contributed by atoms with van der Waals surface area (Å²) in [4.78, 5) is 16.6. The summed E-state index contributed by atoms with van der Waals surface area (Å²) in [6.45, 7) is 8.77. The summed E-state index contributed by atoms with van der Waals surface area (Å²) in [5.41, 5.74) is 3.73. The van der Waals surface area contributed by atoms with Gasteiger partial charge in [-0.15, -0.1) is 11.3 Å². The maximum absolute atomic E-state index is 12.7. The van der Waals surface area contributed by atoms with Crippen molar-refractivity contribution in [2.45, 2.75) is 46.1 Å². The van der Waals surface area contributed by atoms with E-state index in [1.807, 2.05) is 0 Å². The molecule has 3 heterocycles. The van der Waals surface area contributed by atoms with Gasteiger partial charge in [0.05, 0.1) is 12.3 Å². The SMILES string of the molecule is CCc1cc([C@H](c2ccc(C)cc2)N2CCC(C)CC2)c(NC(=O)c2ccco2)s1. The average molecular weight is 423 g/mol. The third-order valence-corrected chi connectivity index (χ3v) is 7.21. The number of rotatable bonds is 6. The van der Waals surface area contributed by atoms with E-state index in [9.17, 15) is 4.79 Å². The third-order valence-electron chi connectivity index (χ3n) is 6.00. The minimum Gasteiger partial charge on any atom is -0.459 e. The van der Waals surface area contributed by atoms with Gasteiger partial charge in [0.25, 0.3) is 5.91 Å². The van der Waals surface area contributed by atoms with Crippen LogP contribution in [0.1, 0.15) is 64.9 Å². The first-order chi connectivity index (χ1) is 14.5. The first-order valence-corrected chi connectivity index (χ1v) is 11.6. The summed E-state index contributed by atoms with van der Waals surface area (Å²) in [5.74, 6) is 0.915. The number of thiophene rings is 1. The van der Waals surface area contributed by atoms with Gasteiger partial charge in [-0.05, 0) is 69.0 Å². The van der Waals surface area contributed by atoms with Crippen molar-refractivity contribution >= 4 is 22.2 Å². The van der Waals surface area contributed by atoms with Crippen LogP contribution < -0.4 is 5.32 Å². The van der Waals surface area contributed by atoms with Crippen LogP contribution in [-0.2, 0) is 6.42 Å². The minimum atomic E-state index is -0.194. The van der Waals surface area contributed by atoms with Crippen LogP contribution in [0.5, 0.6) is 0 Å². The third kappa shape index (κ3) is 4.52. The zero-order valence-corrected chi connectivity index (χ0v) is 18.8. The average Bonchev–Trinajstić information content (AvgIpc) is 3.42. The van der Waals surface area contributed by atoms with Gasteiger partial charge in [-0.3, -0.25) is 9.69 Å². The Hall–Kier alpha value is -2.37. The van der Waals surface area contributed by atoms with E-state index >= 15 is 0 Å². The molecular weight excluding hydrogens is 392 g/mol. The summed E-state index contributed by atoms with van der Waals surface area (Å²) in [6.07, 6.45) is 4.90. The van der Waals surface area contributed by atoms with Crippen LogP contribution in [0.3, 0.4) is 0 Å². The highest BCUT2D eigenvalue weighted by atomic mass is 32.1. The van der Waals surface area contributed by atoms with Gasteiger partial charge < -0.3 is 9.73 Å². The molecular formula is C25H30N2O2S. The Bertz CT molecular complexity index is 967. The summed E-state index contributed by atoms with van der Waals surface area (Å²) in [5, 5.41) is 4.06. The second-order valence-electron chi connectivity index (χ2n) is 8.31. The molecule has 0 saturated carbocycles. The molecule has 1 aromatic carbocycles. The first-order valence-electron chi connectivity index (χ1n) is 10.8. The number of aryl methyl sites for hydroxylation is 2. The van der Waals surface area contributed by atoms with E-state index in [-0.39, 0.29) is 11.9 Å². The number of hydrogen-bond donors (Lipinski definition) is 1. The molecule has 0 unspecified atom stereocenters. The molecule has 1 aliphatic heterocycles. The van der Waals surface area contributed by atoms with Gasteiger partial charge in [0.2, 0.25) is 0 Å². The lowest BCUT2D eigenvalue weighted by atomic mass is 9.92. The van der Waals surface area contributed by atoms with E-state index in [1.54, 1.807) is 23.5 Å². The molecule has 30 heavy (non-hydrogen) atoms. The van der Waals surface area contributed by atoms with Crippen molar-refractivity contribution in [3.05, 3.63) is 76.1 Å². The molecule has 1 fully saturated rings. The highest BCUT2D eigenvalue weighted by Crippen LogP contribution is 2.41. The fraction of sp³-hybridized carbons (Fsp3) is 0.400. The zero-order valence-electron chi connectivity index (χ0n) is 18.0. The highest BCUT2D eigenvalue weighted by Gasteiger charge is 2.30. The van der Waals surface area contributed by atoms with Crippen LogP contribution >= 0.6 is 11.3 Å². The van der Waals surface area contributed by atoms with Crippen LogP contribution in [0, 0.1) is 12.8 Å². The van der Waals surface area contributed by atoms with Crippen molar-refractivity contribution in [2.75, 3.05) is 18.4 Å². The van der Waals surface area contributed by atoms with E-state index in [2.05, 4.69) is 61.3 Å². The van der Waals surface area contributed by atoms with E-state index < -0.39 is 0 Å². The lowest BCUT2D eigenvalue weighted by Gasteiger charge is -2.37. The molecule has 0 bridgehead atoms. The molecule has 4 rings (SSSR count). The van der Waals surface area contributed by atoms with E-state index in [0.717, 1.165) is 30.4 Å². The Morgan fingerprint density at radius 1 is 1.23 bits per heavy atom. The van der Waals surface area contributed by atoms with E-state index in [4.69, 9.17) is 4.42 Å². The second-order valence-corrected chi connectivity index (χ2v) is 9.45. The van der Waals surface area contributed by atoms with Gasteiger partial charge in [0.15, 0.2) is 5.76 Å². The fourth-order valence-corrected chi connectivity index (χ4v) is 5.15. The van der Waals surface area contributed by atoms with Gasteiger partial charge in [0, 0.05) is 10.4 Å². The molecule has 3 aromatic rings. The maximum Gasteiger partial charge on any atom is 0.291 e. The van der Waals surface area contributed by atoms with Crippen LogP contribution in [0.25, 0.3) is 0 Å². The minimum absolute atomic E-state index is 0.140. The molecule has 158 valence electrons. The van der Waals surface area contributed by atoms with E-state index in [1.165, 1.54) is 40.7 Å². The number of piperidine rings is 1. The second kappa shape index (κ2) is 9.19. The number of carbonyl (C=O) groups excluding carboxylic acids is 1. The number of hydrogen-bond acceptors (Lipinski definition) is 4. The van der Waals surface area contributed by atoms with E-state index in [0.29, 0.717) is 5.76 Å². The van der Waals surface area contributed by atoms with Crippen LogP contribution in [0.4, 0.5) is 5.00 Å². The number of carbonyl (C=O) groups is 1. The quantitative estimate of drug-likeness (QED) is 0.508. The number of nitrogens with zero attached hydrogens (tertiary/aromatic N) is 1. The van der Waals surface area contributed by atoms with Crippen molar-refractivity contribution in [3.8, 4) is 0 Å². The monoisotopic (exact) mass is 422 g/mol. The Labute approximate surface area is 182 Å². The van der Waals surface area contributed by atoms with Crippen LogP contribution in [-0.4, -0.2) is 23.9 Å². The summed E-state index contributed by atoms with van der Waals surface area (Å²) in [7, 11) is 0. The standard InChI is InChI=1S/C25H30N2O2S/c1-4-20-16-21(25(30-20)26-24(28)22-6-5-15-29-22)23(19-9-7-17(2)8-10-19)27-13-11-18(3)12-14-27/h5-10,15-16,18,23H,4,11-14H2,1-3H3,(H,26,28)/t23-/m0/s1. The largest absolute Gasteiger partial charge is 0.459 e. The molecule has 1 saturated heterocycles. The van der Waals surface area contributed by atoms with Gasteiger partial charge in [-0.1, -0.05) is 43.7 Å². The molecule has 1 N–H and O–H groups in total. The Morgan fingerprint density at radius 2 is 1.97 bits per heavy atom. The lowest BCUT2D eigenvalue weighted by molar-refractivity contribution is 0.0996. The maximum atomic E-state index is 12.7. The number of benzene rings is 1. The topological polar surface area (TPSA) is 45.5 Å². The van der Waals surface area contributed by atoms with Crippen LogP contribution in [0.15, 0.2) is 53.1 Å². The Kier molecular flexibility index (Phi) is 6.40. The van der Waals surface area contributed by atoms with Crippen molar-refractivity contribution < 1.29 is 9.21 Å². The van der Waals surface area contributed by atoms with Gasteiger partial charge in [-0.2, -0.15) is 0 Å². The number of anilines is 1. The first kappa shape index (κ1) is 20.9.